The maximum Gasteiger partial charge on any atom is 0.393 e. The Hall–Kier alpha value is -2.58. The molecule has 2 aromatic rings. The van der Waals surface area contributed by atoms with Gasteiger partial charge in [-0.05, 0) is 18.6 Å². The lowest BCUT2D eigenvalue weighted by Gasteiger charge is -2.26. The maximum absolute atomic E-state index is 13.0. The van der Waals surface area contributed by atoms with E-state index in [-0.39, 0.29) is 25.9 Å². The van der Waals surface area contributed by atoms with Crippen LogP contribution in [0.25, 0.3) is 0 Å². The van der Waals surface area contributed by atoms with Crippen molar-refractivity contribution in [2.75, 3.05) is 7.11 Å². The van der Waals surface area contributed by atoms with Crippen LogP contribution in [0.2, 0.25) is 0 Å². The van der Waals surface area contributed by atoms with E-state index in [0.717, 1.165) is 0 Å². The third kappa shape index (κ3) is 3.59. The van der Waals surface area contributed by atoms with Gasteiger partial charge in [0.15, 0.2) is 5.82 Å². The van der Waals surface area contributed by atoms with Crippen LogP contribution in [-0.4, -0.2) is 34.0 Å². The molecule has 0 spiro atoms. The second-order valence-electron chi connectivity index (χ2n) is 5.80. The molecule has 9 heteroatoms. The topological polar surface area (TPSA) is 69.0 Å². The summed E-state index contributed by atoms with van der Waals surface area (Å²) >= 11 is 0. The molecule has 6 nitrogen and oxygen atoms in total. The number of fused-ring (bicyclic) bond motifs is 1. The van der Waals surface area contributed by atoms with Gasteiger partial charge < -0.3 is 14.6 Å². The maximum atomic E-state index is 13.0. The van der Waals surface area contributed by atoms with Crippen LogP contribution < -0.4 is 10.1 Å². The molecule has 25 heavy (non-hydrogen) atoms. The molecule has 2 heterocycles. The zero-order valence-corrected chi connectivity index (χ0v) is 13.5. The molecule has 134 valence electrons. The van der Waals surface area contributed by atoms with E-state index >= 15 is 0 Å². The van der Waals surface area contributed by atoms with Crippen molar-refractivity contribution in [3.8, 4) is 5.75 Å². The average Bonchev–Trinajstić information content (AvgIpc) is 3.01. The molecule has 1 amide bonds. The minimum absolute atomic E-state index is 0.00550. The summed E-state index contributed by atoms with van der Waals surface area (Å²) in [6, 6.07) is 6.70. The number of amides is 1. The first-order valence-electron chi connectivity index (χ1n) is 7.79. The van der Waals surface area contributed by atoms with E-state index in [0.29, 0.717) is 23.0 Å². The number of hydrogen-bond acceptors (Lipinski definition) is 4. The van der Waals surface area contributed by atoms with Crippen molar-refractivity contribution in [1.82, 2.24) is 20.1 Å². The predicted molar refractivity (Wildman–Crippen MR) is 82.1 cm³/mol. The first-order chi connectivity index (χ1) is 11.9. The van der Waals surface area contributed by atoms with E-state index in [1.807, 2.05) is 0 Å². The Morgan fingerprint density at radius 3 is 2.84 bits per heavy atom. The highest BCUT2D eigenvalue weighted by atomic mass is 19.4. The smallest absolute Gasteiger partial charge is 0.393 e. The molecule has 1 aromatic heterocycles. The van der Waals surface area contributed by atoms with Gasteiger partial charge in [-0.25, -0.2) is 0 Å². The fourth-order valence-electron chi connectivity index (χ4n) is 2.87. The largest absolute Gasteiger partial charge is 0.496 e. The number of aryl methyl sites for hydroxylation is 1. The molecule has 0 unspecified atom stereocenters. The van der Waals surface area contributed by atoms with Crippen LogP contribution in [-0.2, 0) is 19.5 Å². The van der Waals surface area contributed by atoms with Gasteiger partial charge in [0.1, 0.15) is 11.6 Å². The van der Waals surface area contributed by atoms with Crippen molar-refractivity contribution in [2.45, 2.75) is 32.1 Å². The van der Waals surface area contributed by atoms with Crippen LogP contribution >= 0.6 is 0 Å². The van der Waals surface area contributed by atoms with Crippen LogP contribution in [0.1, 0.15) is 28.4 Å². The van der Waals surface area contributed by atoms with Crippen LogP contribution in [0.15, 0.2) is 24.3 Å². The molecule has 1 aliphatic heterocycles. The van der Waals surface area contributed by atoms with Crippen molar-refractivity contribution >= 4 is 5.91 Å². The highest BCUT2D eigenvalue weighted by Crippen LogP contribution is 2.34. The van der Waals surface area contributed by atoms with Crippen molar-refractivity contribution in [1.29, 1.82) is 0 Å². The van der Waals surface area contributed by atoms with Gasteiger partial charge in [-0.15, -0.1) is 10.2 Å². The molecule has 0 fully saturated rings. The number of hydrogen-bond donors (Lipinski definition) is 1. The number of para-hydroxylation sites is 1. The fraction of sp³-hybridized carbons (Fsp3) is 0.438. The Bertz CT molecular complexity index is 773. The van der Waals surface area contributed by atoms with E-state index in [9.17, 15) is 18.0 Å². The fourth-order valence-corrected chi connectivity index (χ4v) is 2.87. The number of carbonyl (C=O) groups excluding carboxylic acids is 1. The molecule has 0 saturated heterocycles. The number of rotatable bonds is 4. The third-order valence-corrected chi connectivity index (χ3v) is 4.24. The van der Waals surface area contributed by atoms with Gasteiger partial charge in [-0.1, -0.05) is 12.1 Å². The third-order valence-electron chi connectivity index (χ3n) is 4.24. The number of nitrogens with one attached hydrogen (secondary N) is 1. The summed E-state index contributed by atoms with van der Waals surface area (Å²) < 4.78 is 45.4. The van der Waals surface area contributed by atoms with Gasteiger partial charge in [0.25, 0.3) is 5.91 Å². The zero-order valence-electron chi connectivity index (χ0n) is 13.5. The molecule has 0 bridgehead atoms. The molecular formula is C16H17F3N4O2. The van der Waals surface area contributed by atoms with E-state index in [1.165, 1.54) is 11.7 Å². The predicted octanol–water partition coefficient (Wildman–Crippen LogP) is 2.34. The molecule has 1 N–H and O–H groups in total. The van der Waals surface area contributed by atoms with Crippen LogP contribution in [0.4, 0.5) is 13.2 Å². The standard InChI is InChI=1S/C16H17F3N4O2/c1-25-12-5-3-2-4-11(12)15(24)20-8-14-22-21-13-7-6-10(9-23(13)14)16(17,18)19/h2-5,10H,6-9H2,1H3,(H,20,24)/t10-/m0/s1. The minimum atomic E-state index is -4.25. The molecule has 1 atom stereocenters. The number of nitrogens with zero attached hydrogens (tertiary/aromatic N) is 3. The molecular weight excluding hydrogens is 337 g/mol. The summed E-state index contributed by atoms with van der Waals surface area (Å²) in [7, 11) is 1.46. The van der Waals surface area contributed by atoms with Crippen molar-refractivity contribution < 1.29 is 22.7 Å². The SMILES string of the molecule is COc1ccccc1C(=O)NCc1nnc2n1C[C@@H](C(F)(F)F)CC2. The van der Waals surface area contributed by atoms with Crippen molar-refractivity contribution in [3.63, 3.8) is 0 Å². The second-order valence-corrected chi connectivity index (χ2v) is 5.80. The lowest BCUT2D eigenvalue weighted by Crippen LogP contribution is -2.34. The van der Waals surface area contributed by atoms with Crippen LogP contribution in [0, 0.1) is 5.92 Å². The van der Waals surface area contributed by atoms with Gasteiger partial charge in [-0.3, -0.25) is 4.79 Å². The van der Waals surface area contributed by atoms with Gasteiger partial charge in [-0.2, -0.15) is 13.2 Å². The number of aromatic nitrogens is 3. The number of methoxy groups -OCH3 is 1. The Balaban J connectivity index is 1.71. The summed E-state index contributed by atoms with van der Waals surface area (Å²) in [5, 5.41) is 10.5. The Morgan fingerprint density at radius 1 is 1.36 bits per heavy atom. The number of carbonyl (C=O) groups is 1. The lowest BCUT2D eigenvalue weighted by molar-refractivity contribution is -0.182. The van der Waals surface area contributed by atoms with E-state index in [1.54, 1.807) is 24.3 Å². The van der Waals surface area contributed by atoms with Crippen molar-refractivity contribution in [3.05, 3.63) is 41.5 Å². The van der Waals surface area contributed by atoms with E-state index in [4.69, 9.17) is 4.74 Å². The van der Waals surface area contributed by atoms with Gasteiger partial charge in [0.05, 0.1) is 25.1 Å². The monoisotopic (exact) mass is 354 g/mol. The van der Waals surface area contributed by atoms with Crippen LogP contribution in [0.3, 0.4) is 0 Å². The summed E-state index contributed by atoms with van der Waals surface area (Å²) in [5.74, 6) is -0.563. The second kappa shape index (κ2) is 6.73. The average molecular weight is 354 g/mol. The molecule has 0 aliphatic carbocycles. The molecule has 1 aliphatic rings. The Labute approximate surface area is 142 Å². The normalized spacial score (nSPS) is 17.0. The number of alkyl halides is 3. The summed E-state index contributed by atoms with van der Waals surface area (Å²) in [6.07, 6.45) is -4.02. The lowest BCUT2D eigenvalue weighted by atomic mass is 9.99. The minimum Gasteiger partial charge on any atom is -0.496 e. The number of benzene rings is 1. The van der Waals surface area contributed by atoms with Gasteiger partial charge in [0.2, 0.25) is 0 Å². The van der Waals surface area contributed by atoms with Gasteiger partial charge >= 0.3 is 6.18 Å². The van der Waals surface area contributed by atoms with Crippen molar-refractivity contribution in [2.24, 2.45) is 5.92 Å². The van der Waals surface area contributed by atoms with Gasteiger partial charge in [0, 0.05) is 13.0 Å². The summed E-state index contributed by atoms with van der Waals surface area (Å²) in [4.78, 5) is 12.3. The zero-order chi connectivity index (χ0) is 18.0. The Kier molecular flexibility index (Phi) is 4.65. The van der Waals surface area contributed by atoms with E-state index < -0.39 is 18.0 Å². The molecule has 3 rings (SSSR count). The summed E-state index contributed by atoms with van der Waals surface area (Å²) in [6.45, 7) is -0.222. The van der Waals surface area contributed by atoms with E-state index in [2.05, 4.69) is 15.5 Å². The Morgan fingerprint density at radius 2 is 2.12 bits per heavy atom. The first kappa shape index (κ1) is 17.2. The number of ether oxygens (including phenoxy) is 1. The quantitative estimate of drug-likeness (QED) is 0.915. The molecule has 0 radical (unpaired) electrons. The first-order valence-corrected chi connectivity index (χ1v) is 7.79. The van der Waals surface area contributed by atoms with Crippen LogP contribution in [0.5, 0.6) is 5.75 Å². The molecule has 0 saturated carbocycles. The highest BCUT2D eigenvalue weighted by Gasteiger charge is 2.42. The molecule has 1 aromatic carbocycles. The number of halogens is 3. The highest BCUT2D eigenvalue weighted by molar-refractivity contribution is 5.96. The summed E-state index contributed by atoms with van der Waals surface area (Å²) in [5.41, 5.74) is 0.344.